The molecule has 2 atom stereocenters. The number of nitrogens with one attached hydrogen (secondary N) is 1. The van der Waals surface area contributed by atoms with Gasteiger partial charge in [-0.3, -0.25) is 14.4 Å². The predicted molar refractivity (Wildman–Crippen MR) is 176 cm³/mol. The fourth-order valence-corrected chi connectivity index (χ4v) is 5.56. The second kappa shape index (κ2) is 15.9. The first-order chi connectivity index (χ1) is 22.1. The van der Waals surface area contributed by atoms with Crippen LogP contribution in [0.15, 0.2) is 47.5 Å². The molecule has 2 heterocycles. The van der Waals surface area contributed by atoms with E-state index in [2.05, 4.69) is 16.2 Å². The Morgan fingerprint density at radius 1 is 1.15 bits per heavy atom. The highest BCUT2D eigenvalue weighted by Gasteiger charge is 2.36. The quantitative estimate of drug-likeness (QED) is 0.179. The number of amides is 1. The molecule has 0 bridgehead atoms. The molecule has 0 saturated carbocycles. The first-order valence-electron chi connectivity index (χ1n) is 15.5. The highest BCUT2D eigenvalue weighted by Crippen LogP contribution is 2.34. The van der Waals surface area contributed by atoms with Gasteiger partial charge >= 0.3 is 12.1 Å². The van der Waals surface area contributed by atoms with Gasteiger partial charge in [-0.1, -0.05) is 32.0 Å². The first-order valence-corrected chi connectivity index (χ1v) is 15.5. The van der Waals surface area contributed by atoms with Gasteiger partial charge in [-0.15, -0.1) is 6.42 Å². The highest BCUT2D eigenvalue weighted by atomic mass is 19.4. The van der Waals surface area contributed by atoms with Gasteiger partial charge in [-0.25, -0.2) is 4.98 Å². The Balaban J connectivity index is 2.15. The number of terminal acetylenes is 1. The Bertz CT molecular complexity index is 1670. The van der Waals surface area contributed by atoms with Gasteiger partial charge in [-0.2, -0.15) is 13.2 Å². The minimum atomic E-state index is -4.74. The third-order valence-corrected chi connectivity index (χ3v) is 7.82. The minimum absolute atomic E-state index is 0.0118. The van der Waals surface area contributed by atoms with Crippen LogP contribution >= 0.6 is 0 Å². The van der Waals surface area contributed by atoms with Gasteiger partial charge in [0.1, 0.15) is 11.7 Å². The molecule has 47 heavy (non-hydrogen) atoms. The summed E-state index contributed by atoms with van der Waals surface area (Å²) in [5.74, 6) is 1.29. The normalized spacial score (nSPS) is 12.9. The molecule has 0 aliphatic rings. The van der Waals surface area contributed by atoms with E-state index in [-0.39, 0.29) is 37.4 Å². The maximum absolute atomic E-state index is 14.1. The third-order valence-electron chi connectivity index (χ3n) is 7.82. The van der Waals surface area contributed by atoms with E-state index in [1.807, 2.05) is 45.9 Å². The molecule has 1 amide bonds. The summed E-state index contributed by atoms with van der Waals surface area (Å²) in [6.45, 7) is 9.66. The molecule has 0 saturated heterocycles. The fourth-order valence-electron chi connectivity index (χ4n) is 5.56. The van der Waals surface area contributed by atoms with E-state index in [0.717, 1.165) is 27.5 Å². The molecule has 11 heteroatoms. The number of nitrogens with zero attached hydrogens (tertiary/aromatic N) is 3. The van der Waals surface area contributed by atoms with Crippen LogP contribution in [0.3, 0.4) is 0 Å². The van der Waals surface area contributed by atoms with Gasteiger partial charge < -0.3 is 19.5 Å². The number of aryl methyl sites for hydroxylation is 2. The number of aromatic nitrogens is 2. The van der Waals surface area contributed by atoms with E-state index in [0.29, 0.717) is 29.4 Å². The summed E-state index contributed by atoms with van der Waals surface area (Å²) >= 11 is 0. The van der Waals surface area contributed by atoms with Crippen molar-refractivity contribution in [2.75, 3.05) is 27.2 Å². The lowest BCUT2D eigenvalue weighted by atomic mass is 9.92. The van der Waals surface area contributed by atoms with Crippen molar-refractivity contribution >= 4 is 11.9 Å². The zero-order chi connectivity index (χ0) is 35.1. The number of rotatable bonds is 13. The number of ether oxygens (including phenoxy) is 1. The summed E-state index contributed by atoms with van der Waals surface area (Å²) < 4.78 is 48.1. The van der Waals surface area contributed by atoms with Crippen LogP contribution in [0.25, 0.3) is 11.1 Å². The first kappa shape index (κ1) is 37.0. The second-order valence-corrected chi connectivity index (χ2v) is 12.3. The molecule has 0 aliphatic carbocycles. The zero-order valence-electron chi connectivity index (χ0n) is 28.0. The standard InChI is InChI=1S/C36H43F3N4O4/c1-9-29-27(34-23(5)12-11-13-24(34)6)17-26(20-40-29)30(19-33(45)47-10-2)41-35(46)31(16-22(3)4)43-21-25(14-15-42(7)8)28(18-32(43)44)36(37,38)39/h1,11-13,17-18,20-22,30-31H,10,14-16,19H2,2-8H3,(H,41,46). The van der Waals surface area contributed by atoms with E-state index < -0.39 is 41.3 Å². The third kappa shape index (κ3) is 9.55. The number of hydrogen-bond donors (Lipinski definition) is 1. The summed E-state index contributed by atoms with van der Waals surface area (Å²) in [5.41, 5.74) is 2.20. The van der Waals surface area contributed by atoms with Crippen molar-refractivity contribution in [2.24, 2.45) is 5.92 Å². The van der Waals surface area contributed by atoms with E-state index in [4.69, 9.17) is 11.2 Å². The Morgan fingerprint density at radius 3 is 2.36 bits per heavy atom. The van der Waals surface area contributed by atoms with E-state index in [1.54, 1.807) is 32.0 Å². The molecule has 2 aromatic heterocycles. The van der Waals surface area contributed by atoms with Crippen molar-refractivity contribution in [3.05, 3.63) is 86.6 Å². The zero-order valence-corrected chi connectivity index (χ0v) is 28.0. The number of carbonyl (C=O) groups is 2. The van der Waals surface area contributed by atoms with Gasteiger partial charge in [-0.05, 0) is 93.4 Å². The molecule has 3 rings (SSSR count). The molecule has 0 radical (unpaired) electrons. The van der Waals surface area contributed by atoms with E-state index >= 15 is 0 Å². The lowest BCUT2D eigenvalue weighted by Crippen LogP contribution is -2.40. The van der Waals surface area contributed by atoms with Crippen LogP contribution in [-0.2, 0) is 26.9 Å². The number of benzene rings is 1. The number of likely N-dealkylation sites (N-methyl/N-ethyl adjacent to an activating group) is 1. The maximum Gasteiger partial charge on any atom is 0.416 e. The second-order valence-electron chi connectivity index (χ2n) is 12.3. The smallest absolute Gasteiger partial charge is 0.416 e. The Labute approximate surface area is 274 Å². The van der Waals surface area contributed by atoms with Crippen molar-refractivity contribution < 1.29 is 27.5 Å². The van der Waals surface area contributed by atoms with Gasteiger partial charge in [0.15, 0.2) is 0 Å². The Morgan fingerprint density at radius 2 is 1.81 bits per heavy atom. The number of esters is 1. The SMILES string of the molecule is C#Cc1ncc(C(CC(=O)OCC)NC(=O)C(CC(C)C)n2cc(CCN(C)C)c(C(F)(F)F)cc2=O)cc1-c1c(C)cccc1C. The average Bonchev–Trinajstić information content (AvgIpc) is 2.98. The van der Waals surface area contributed by atoms with Crippen LogP contribution < -0.4 is 10.9 Å². The Hall–Kier alpha value is -4.43. The summed E-state index contributed by atoms with van der Waals surface area (Å²) in [6.07, 6.45) is 3.59. The van der Waals surface area contributed by atoms with Gasteiger partial charge in [0.05, 0.1) is 24.6 Å². The van der Waals surface area contributed by atoms with Crippen LogP contribution in [-0.4, -0.2) is 53.6 Å². The number of halogens is 3. The number of hydrogen-bond acceptors (Lipinski definition) is 6. The molecule has 8 nitrogen and oxygen atoms in total. The van der Waals surface area contributed by atoms with E-state index in [9.17, 15) is 27.6 Å². The predicted octanol–water partition coefficient (Wildman–Crippen LogP) is 6.03. The molecule has 0 aliphatic heterocycles. The maximum atomic E-state index is 14.1. The van der Waals surface area contributed by atoms with E-state index in [1.165, 1.54) is 6.20 Å². The molecule has 2 unspecified atom stereocenters. The van der Waals surface area contributed by atoms with Gasteiger partial charge in [0.2, 0.25) is 5.91 Å². The van der Waals surface area contributed by atoms with Crippen LogP contribution in [0, 0.1) is 32.1 Å². The highest BCUT2D eigenvalue weighted by molar-refractivity contribution is 5.82. The summed E-state index contributed by atoms with van der Waals surface area (Å²) in [6, 6.07) is 6.04. The number of carbonyl (C=O) groups excluding carboxylic acids is 2. The van der Waals surface area contributed by atoms with Gasteiger partial charge in [0.25, 0.3) is 5.56 Å². The van der Waals surface area contributed by atoms with Gasteiger partial charge in [0, 0.05) is 30.6 Å². The molecular formula is C36H43F3N4O4. The van der Waals surface area contributed by atoms with Crippen molar-refractivity contribution in [3.63, 3.8) is 0 Å². The minimum Gasteiger partial charge on any atom is -0.466 e. The average molecular weight is 653 g/mol. The molecule has 0 spiro atoms. The molecule has 252 valence electrons. The topological polar surface area (TPSA) is 93.5 Å². The Kier molecular flexibility index (Phi) is 12.5. The van der Waals surface area contributed by atoms with Crippen molar-refractivity contribution in [2.45, 2.75) is 72.1 Å². The van der Waals surface area contributed by atoms with Crippen LogP contribution in [0.2, 0.25) is 0 Å². The van der Waals surface area contributed by atoms with Crippen molar-refractivity contribution in [3.8, 4) is 23.5 Å². The summed E-state index contributed by atoms with van der Waals surface area (Å²) in [4.78, 5) is 46.3. The lowest BCUT2D eigenvalue weighted by Gasteiger charge is -2.27. The van der Waals surface area contributed by atoms with Crippen LogP contribution in [0.5, 0.6) is 0 Å². The summed E-state index contributed by atoms with van der Waals surface area (Å²) in [5, 5.41) is 2.89. The molecular weight excluding hydrogens is 609 g/mol. The van der Waals surface area contributed by atoms with Crippen molar-refractivity contribution in [1.29, 1.82) is 0 Å². The van der Waals surface area contributed by atoms with Crippen LogP contribution in [0.1, 0.15) is 79.2 Å². The molecule has 0 fully saturated rings. The van der Waals surface area contributed by atoms with Crippen LogP contribution in [0.4, 0.5) is 13.2 Å². The fraction of sp³-hybridized carbons (Fsp3) is 0.444. The molecule has 1 N–H and O–H groups in total. The number of pyridine rings is 2. The lowest BCUT2D eigenvalue weighted by molar-refractivity contribution is -0.144. The molecule has 1 aromatic carbocycles. The summed E-state index contributed by atoms with van der Waals surface area (Å²) in [7, 11) is 3.47. The van der Waals surface area contributed by atoms with Crippen molar-refractivity contribution in [1.82, 2.24) is 19.8 Å². The number of alkyl halides is 3. The molecule has 3 aromatic rings. The largest absolute Gasteiger partial charge is 0.466 e. The monoisotopic (exact) mass is 652 g/mol.